The lowest BCUT2D eigenvalue weighted by atomic mass is 9.91. The van der Waals surface area contributed by atoms with E-state index in [1.807, 2.05) is 97.9 Å². The maximum Gasteiger partial charge on any atom is 0.341 e. The fraction of sp³-hybridized carbons (Fsp3) is 0.107. The highest BCUT2D eigenvalue weighted by atomic mass is 16.6. The molecule has 0 fully saturated rings. The number of carbonyl (C=O) groups excluding carboxylic acids is 1. The monoisotopic (exact) mass is 436 g/mol. The third-order valence-electron chi connectivity index (χ3n) is 5.98. The Morgan fingerprint density at radius 1 is 0.788 bits per heavy atom. The molecule has 1 atom stereocenters. The van der Waals surface area contributed by atoms with Gasteiger partial charge in [-0.1, -0.05) is 60.7 Å². The Labute approximate surface area is 192 Å². The summed E-state index contributed by atoms with van der Waals surface area (Å²) < 4.78 is 6.12. The summed E-state index contributed by atoms with van der Waals surface area (Å²) in [6.45, 7) is 0. The number of aromatic hydroxyl groups is 1. The van der Waals surface area contributed by atoms with Crippen LogP contribution in [-0.4, -0.2) is 25.2 Å². The van der Waals surface area contributed by atoms with Crippen molar-refractivity contribution in [1.82, 2.24) is 0 Å². The lowest BCUT2D eigenvalue weighted by molar-refractivity contribution is 0.0213. The third kappa shape index (κ3) is 3.57. The van der Waals surface area contributed by atoms with Crippen LogP contribution in [-0.2, 0) is 10.5 Å². The smallest absolute Gasteiger partial charge is 0.341 e. The lowest BCUT2D eigenvalue weighted by Gasteiger charge is -2.32. The topological polar surface area (TPSA) is 61.8 Å². The van der Waals surface area contributed by atoms with Crippen molar-refractivity contribution in [1.29, 1.82) is 0 Å². The van der Waals surface area contributed by atoms with E-state index in [0.29, 0.717) is 5.56 Å². The van der Waals surface area contributed by atoms with Crippen LogP contribution < -0.4 is 10.2 Å². The van der Waals surface area contributed by atoms with Crippen molar-refractivity contribution in [2.24, 2.45) is 0 Å². The Balaban J connectivity index is 1.67. The van der Waals surface area contributed by atoms with E-state index in [1.54, 1.807) is 18.2 Å². The summed E-state index contributed by atoms with van der Waals surface area (Å²) in [5.41, 5.74) is 4.70. The van der Waals surface area contributed by atoms with Gasteiger partial charge in [-0.3, -0.25) is 0 Å². The minimum absolute atomic E-state index is 0.209. The molecule has 5 nitrogen and oxygen atoms in total. The number of nitrogens with one attached hydrogen (secondary N) is 1. The minimum atomic E-state index is -1.18. The van der Waals surface area contributed by atoms with Gasteiger partial charge in [0, 0.05) is 42.2 Å². The summed E-state index contributed by atoms with van der Waals surface area (Å²) in [6.07, 6.45) is 0. The third-order valence-corrected chi connectivity index (χ3v) is 5.98. The van der Waals surface area contributed by atoms with E-state index in [9.17, 15) is 9.90 Å². The van der Waals surface area contributed by atoms with Gasteiger partial charge in [0.25, 0.3) is 0 Å². The van der Waals surface area contributed by atoms with E-state index in [1.165, 1.54) is 0 Å². The molecule has 1 aliphatic rings. The number of anilines is 2. The highest BCUT2D eigenvalue weighted by Gasteiger charge is 2.47. The first-order valence-corrected chi connectivity index (χ1v) is 10.8. The Bertz CT molecular complexity index is 1310. The van der Waals surface area contributed by atoms with Gasteiger partial charge in [0.1, 0.15) is 5.75 Å². The molecule has 0 saturated heterocycles. The number of esters is 1. The van der Waals surface area contributed by atoms with Gasteiger partial charge >= 0.3 is 5.97 Å². The van der Waals surface area contributed by atoms with E-state index in [4.69, 9.17) is 4.74 Å². The number of carbonyl (C=O) groups is 1. The summed E-state index contributed by atoms with van der Waals surface area (Å²) in [4.78, 5) is 14.9. The van der Waals surface area contributed by atoms with Crippen LogP contribution in [0.5, 0.6) is 5.75 Å². The van der Waals surface area contributed by atoms with Crippen LogP contribution in [0.4, 0.5) is 11.4 Å². The maximum atomic E-state index is 12.9. The molecule has 5 rings (SSSR count). The number of phenols is 1. The van der Waals surface area contributed by atoms with Gasteiger partial charge in [-0.15, -0.1) is 0 Å². The fourth-order valence-corrected chi connectivity index (χ4v) is 4.27. The summed E-state index contributed by atoms with van der Waals surface area (Å²) >= 11 is 0. The van der Waals surface area contributed by atoms with Crippen molar-refractivity contribution >= 4 is 17.3 Å². The maximum absolute atomic E-state index is 12.9. The van der Waals surface area contributed by atoms with Gasteiger partial charge in [-0.05, 0) is 42.0 Å². The highest BCUT2D eigenvalue weighted by molar-refractivity contribution is 5.96. The van der Waals surface area contributed by atoms with Gasteiger partial charge in [0.15, 0.2) is 0 Å². The number of hydrogen-bond donors (Lipinski definition) is 2. The predicted octanol–water partition coefficient (Wildman–Crippen LogP) is 5.61. The standard InChI is InChI=1S/C28H24N2O3/c1-30(2)21-15-13-20(14-16-21)28(25-9-5-3-8-24(25)27(32)33-28)29-26-10-6-4-7-23(26)19-11-17-22(31)18-12-19/h3-18,29,31H,1-2H3. The van der Waals surface area contributed by atoms with Crippen molar-refractivity contribution in [3.05, 3.63) is 114 Å². The average Bonchev–Trinajstić information content (AvgIpc) is 3.13. The molecule has 4 aromatic carbocycles. The zero-order valence-corrected chi connectivity index (χ0v) is 18.4. The van der Waals surface area contributed by atoms with Crippen LogP contribution in [0.25, 0.3) is 11.1 Å². The lowest BCUT2D eigenvalue weighted by Crippen LogP contribution is -2.37. The average molecular weight is 437 g/mol. The van der Waals surface area contributed by atoms with Crippen molar-refractivity contribution in [3.8, 4) is 16.9 Å². The molecule has 1 aliphatic heterocycles. The Kier molecular flexibility index (Phi) is 5.02. The molecule has 0 bridgehead atoms. The molecule has 4 aromatic rings. The quantitative estimate of drug-likeness (QED) is 0.398. The normalized spacial score (nSPS) is 16.7. The van der Waals surface area contributed by atoms with Crippen LogP contribution in [0.3, 0.4) is 0 Å². The van der Waals surface area contributed by atoms with Crippen LogP contribution in [0, 0.1) is 0 Å². The van der Waals surface area contributed by atoms with Crippen molar-refractivity contribution in [2.75, 3.05) is 24.3 Å². The first-order valence-electron chi connectivity index (χ1n) is 10.8. The van der Waals surface area contributed by atoms with Crippen LogP contribution in [0.2, 0.25) is 0 Å². The molecule has 1 unspecified atom stereocenters. The SMILES string of the molecule is CN(C)c1ccc(C2(Nc3ccccc3-c3ccc(O)cc3)OC(=O)c3ccccc32)cc1. The predicted molar refractivity (Wildman–Crippen MR) is 131 cm³/mol. The second-order valence-electron chi connectivity index (χ2n) is 8.28. The van der Waals surface area contributed by atoms with Gasteiger partial charge < -0.3 is 20.1 Å². The zero-order chi connectivity index (χ0) is 23.0. The van der Waals surface area contributed by atoms with E-state index < -0.39 is 5.72 Å². The molecule has 0 aromatic heterocycles. The molecule has 0 radical (unpaired) electrons. The van der Waals surface area contributed by atoms with Crippen molar-refractivity contribution in [3.63, 3.8) is 0 Å². The second kappa shape index (κ2) is 8.02. The largest absolute Gasteiger partial charge is 0.508 e. The molecule has 164 valence electrons. The van der Waals surface area contributed by atoms with Gasteiger partial charge in [0.05, 0.1) is 5.56 Å². The van der Waals surface area contributed by atoms with E-state index >= 15 is 0 Å². The molecule has 0 amide bonds. The molecule has 33 heavy (non-hydrogen) atoms. The number of cyclic esters (lactones) is 1. The first-order chi connectivity index (χ1) is 16.0. The number of para-hydroxylation sites is 1. The number of phenolic OH excluding ortho intramolecular Hbond substituents is 1. The van der Waals surface area contributed by atoms with Gasteiger partial charge in [0.2, 0.25) is 5.72 Å². The number of rotatable bonds is 5. The molecule has 0 spiro atoms. The Morgan fingerprint density at radius 2 is 1.42 bits per heavy atom. The van der Waals surface area contributed by atoms with Gasteiger partial charge in [-0.2, -0.15) is 0 Å². The molecule has 0 saturated carbocycles. The summed E-state index contributed by atoms with van der Waals surface area (Å²) in [5, 5.41) is 13.3. The van der Waals surface area contributed by atoms with Crippen LogP contribution in [0.1, 0.15) is 21.5 Å². The Hall–Kier alpha value is -4.25. The number of hydrogen-bond acceptors (Lipinski definition) is 5. The Morgan fingerprint density at radius 3 is 2.12 bits per heavy atom. The molecule has 0 aliphatic carbocycles. The van der Waals surface area contributed by atoms with Crippen LogP contribution >= 0.6 is 0 Å². The zero-order valence-electron chi connectivity index (χ0n) is 18.4. The van der Waals surface area contributed by atoms with Crippen LogP contribution in [0.15, 0.2) is 97.1 Å². The second-order valence-corrected chi connectivity index (χ2v) is 8.28. The van der Waals surface area contributed by atoms with E-state index in [0.717, 1.165) is 33.6 Å². The summed E-state index contributed by atoms with van der Waals surface area (Å²) in [6, 6.07) is 30.4. The molecule has 1 heterocycles. The minimum Gasteiger partial charge on any atom is -0.508 e. The molecular formula is C28H24N2O3. The summed E-state index contributed by atoms with van der Waals surface area (Å²) in [5.74, 6) is -0.155. The van der Waals surface area contributed by atoms with Crippen molar-refractivity contribution < 1.29 is 14.6 Å². The molecular weight excluding hydrogens is 412 g/mol. The highest BCUT2D eigenvalue weighted by Crippen LogP contribution is 2.44. The molecule has 2 N–H and O–H groups in total. The number of benzene rings is 4. The van der Waals surface area contributed by atoms with Crippen molar-refractivity contribution in [2.45, 2.75) is 5.72 Å². The number of fused-ring (bicyclic) bond motifs is 1. The molecule has 5 heteroatoms. The van der Waals surface area contributed by atoms with E-state index in [-0.39, 0.29) is 11.7 Å². The van der Waals surface area contributed by atoms with Gasteiger partial charge in [-0.25, -0.2) is 4.79 Å². The summed E-state index contributed by atoms with van der Waals surface area (Å²) in [7, 11) is 3.98. The fourth-order valence-electron chi connectivity index (χ4n) is 4.27. The number of nitrogens with zero attached hydrogens (tertiary/aromatic N) is 1. The first kappa shape index (κ1) is 20.6. The van der Waals surface area contributed by atoms with E-state index in [2.05, 4.69) is 5.32 Å². The number of ether oxygens (including phenoxy) is 1.